The zero-order valence-corrected chi connectivity index (χ0v) is 14.4. The molecule has 9 heteroatoms. The molecule has 2 rings (SSSR count). The number of amides is 1. The number of aliphatic hydroxyl groups excluding tert-OH is 1. The molecule has 0 atom stereocenters. The summed E-state index contributed by atoms with van der Waals surface area (Å²) >= 11 is 5.90. The lowest BCUT2D eigenvalue weighted by molar-refractivity contribution is -0.136. The molecule has 0 saturated carbocycles. The third kappa shape index (κ3) is 3.92. The number of hydrogen-bond donors (Lipinski definition) is 2. The maximum atomic E-state index is 12.5. The minimum absolute atomic E-state index is 0.00442. The Hall–Kier alpha value is -2.58. The maximum Gasteiger partial charge on any atom is 0.340 e. The Labute approximate surface area is 149 Å². The number of esters is 2. The van der Waals surface area contributed by atoms with Crippen LogP contribution in [0.2, 0.25) is 5.02 Å². The first-order valence-corrected chi connectivity index (χ1v) is 7.67. The topological polar surface area (TPSA) is 105 Å². The van der Waals surface area contributed by atoms with Gasteiger partial charge in [-0.3, -0.25) is 4.79 Å². The highest BCUT2D eigenvalue weighted by Crippen LogP contribution is 2.27. The minimum atomic E-state index is -0.676. The second-order valence-electron chi connectivity index (χ2n) is 5.10. The molecule has 0 spiro atoms. The number of nitrogens with zero attached hydrogens (tertiary/aromatic N) is 1. The molecule has 0 bridgehead atoms. The van der Waals surface area contributed by atoms with Crippen LogP contribution in [0.25, 0.3) is 0 Å². The zero-order chi connectivity index (χ0) is 18.6. The van der Waals surface area contributed by atoms with Crippen molar-refractivity contribution < 1.29 is 29.0 Å². The highest BCUT2D eigenvalue weighted by Gasteiger charge is 2.35. The quantitative estimate of drug-likeness (QED) is 0.715. The number of halogens is 1. The van der Waals surface area contributed by atoms with E-state index in [0.717, 1.165) is 0 Å². The molecule has 1 amide bonds. The highest BCUT2D eigenvalue weighted by atomic mass is 35.5. The van der Waals surface area contributed by atoms with Crippen LogP contribution < -0.4 is 5.32 Å². The molecular weight excluding hydrogens is 352 g/mol. The summed E-state index contributed by atoms with van der Waals surface area (Å²) in [6.07, 6.45) is 0. The van der Waals surface area contributed by atoms with E-state index in [2.05, 4.69) is 5.32 Å². The van der Waals surface area contributed by atoms with E-state index < -0.39 is 17.8 Å². The molecule has 0 aromatic heterocycles. The fraction of sp³-hybridized carbons (Fsp3) is 0.312. The van der Waals surface area contributed by atoms with Crippen molar-refractivity contribution in [2.45, 2.75) is 0 Å². The van der Waals surface area contributed by atoms with E-state index >= 15 is 0 Å². The summed E-state index contributed by atoms with van der Waals surface area (Å²) in [4.78, 5) is 37.7. The third-order valence-corrected chi connectivity index (χ3v) is 3.84. The van der Waals surface area contributed by atoms with Gasteiger partial charge in [0.2, 0.25) is 0 Å². The number of rotatable bonds is 6. The first-order valence-electron chi connectivity index (χ1n) is 7.29. The molecule has 8 nitrogen and oxygen atoms in total. The maximum absolute atomic E-state index is 12.5. The van der Waals surface area contributed by atoms with Gasteiger partial charge < -0.3 is 24.8 Å². The van der Waals surface area contributed by atoms with E-state index in [9.17, 15) is 14.4 Å². The van der Waals surface area contributed by atoms with Crippen molar-refractivity contribution in [3.05, 3.63) is 40.1 Å². The van der Waals surface area contributed by atoms with Crippen LogP contribution in [0, 0.1) is 0 Å². The van der Waals surface area contributed by atoms with Gasteiger partial charge in [-0.2, -0.15) is 0 Å². The normalized spacial score (nSPS) is 13.9. The van der Waals surface area contributed by atoms with Crippen molar-refractivity contribution in [1.82, 2.24) is 4.90 Å². The number of anilines is 1. The van der Waals surface area contributed by atoms with E-state index in [1.165, 1.54) is 37.3 Å². The van der Waals surface area contributed by atoms with Gasteiger partial charge in [0.15, 0.2) is 0 Å². The van der Waals surface area contributed by atoms with E-state index in [0.29, 0.717) is 5.02 Å². The Kier molecular flexibility index (Phi) is 6.00. The first-order chi connectivity index (χ1) is 11.9. The number of benzene rings is 1. The Bertz CT molecular complexity index is 746. The molecule has 2 N–H and O–H groups in total. The van der Waals surface area contributed by atoms with Crippen molar-refractivity contribution in [3.8, 4) is 0 Å². The number of methoxy groups -OCH3 is 2. The Morgan fingerprint density at radius 3 is 2.56 bits per heavy atom. The fourth-order valence-electron chi connectivity index (χ4n) is 2.39. The van der Waals surface area contributed by atoms with Gasteiger partial charge in [-0.05, 0) is 18.2 Å². The van der Waals surface area contributed by atoms with Crippen LogP contribution in [-0.4, -0.2) is 61.8 Å². The predicted octanol–water partition coefficient (Wildman–Crippen LogP) is 0.800. The fourth-order valence-corrected chi connectivity index (χ4v) is 2.56. The Morgan fingerprint density at radius 2 is 1.96 bits per heavy atom. The van der Waals surface area contributed by atoms with Gasteiger partial charge in [0.05, 0.1) is 44.2 Å². The molecule has 0 fully saturated rings. The highest BCUT2D eigenvalue weighted by molar-refractivity contribution is 6.31. The molecule has 1 aliphatic heterocycles. The molecule has 0 aliphatic carbocycles. The first kappa shape index (κ1) is 18.8. The van der Waals surface area contributed by atoms with E-state index in [4.69, 9.17) is 26.2 Å². The summed E-state index contributed by atoms with van der Waals surface area (Å²) in [5.41, 5.74) is 0.450. The molecule has 1 aliphatic rings. The summed E-state index contributed by atoms with van der Waals surface area (Å²) in [5, 5.41) is 12.2. The second kappa shape index (κ2) is 8.00. The average molecular weight is 369 g/mol. The number of ether oxygens (including phenoxy) is 2. The van der Waals surface area contributed by atoms with E-state index in [1.54, 1.807) is 0 Å². The molecule has 25 heavy (non-hydrogen) atoms. The van der Waals surface area contributed by atoms with Gasteiger partial charge in [-0.1, -0.05) is 11.6 Å². The summed E-state index contributed by atoms with van der Waals surface area (Å²) in [5.74, 6) is -1.81. The lowest BCUT2D eigenvalue weighted by Crippen LogP contribution is -2.31. The molecule has 134 valence electrons. The van der Waals surface area contributed by atoms with Crippen LogP contribution in [0.4, 0.5) is 5.69 Å². The summed E-state index contributed by atoms with van der Waals surface area (Å²) in [6.45, 7) is -0.188. The largest absolute Gasteiger partial charge is 0.466 e. The molecule has 1 aromatic carbocycles. The number of β-amino-alcohol motifs (C(OH)–C–C–N with tert-alkyl or cyclic N) is 1. The monoisotopic (exact) mass is 368 g/mol. The van der Waals surface area contributed by atoms with Crippen LogP contribution in [0.15, 0.2) is 29.5 Å². The molecule has 0 radical (unpaired) electrons. The number of nitrogens with one attached hydrogen (secondary N) is 1. The van der Waals surface area contributed by atoms with Gasteiger partial charge >= 0.3 is 11.9 Å². The number of hydrogen-bond acceptors (Lipinski definition) is 7. The van der Waals surface area contributed by atoms with Gasteiger partial charge in [-0.15, -0.1) is 0 Å². The second-order valence-corrected chi connectivity index (χ2v) is 5.54. The summed E-state index contributed by atoms with van der Waals surface area (Å²) < 4.78 is 9.41. The Morgan fingerprint density at radius 1 is 1.28 bits per heavy atom. The molecular formula is C16H17ClN2O6. The average Bonchev–Trinajstić information content (AvgIpc) is 2.91. The van der Waals surface area contributed by atoms with Crippen molar-refractivity contribution in [2.75, 3.05) is 39.2 Å². The lowest BCUT2D eigenvalue weighted by Gasteiger charge is -2.15. The van der Waals surface area contributed by atoms with Gasteiger partial charge in [0.1, 0.15) is 5.70 Å². The molecule has 1 aromatic rings. The van der Waals surface area contributed by atoms with Crippen LogP contribution in [0.3, 0.4) is 0 Å². The standard InChI is InChI=1S/C16H17ClN2O6/c1-24-15(22)10-7-9(17)3-4-12(10)18-13-11(16(23)25-2)8-19(5-6-20)14(13)21/h3-4,7,18,20H,5-6,8H2,1-2H3. The third-order valence-electron chi connectivity index (χ3n) is 3.60. The summed E-state index contributed by atoms with van der Waals surface area (Å²) in [6, 6.07) is 4.41. The van der Waals surface area contributed by atoms with Crippen molar-refractivity contribution in [2.24, 2.45) is 0 Å². The minimum Gasteiger partial charge on any atom is -0.466 e. The predicted molar refractivity (Wildman–Crippen MR) is 89.1 cm³/mol. The molecule has 0 saturated heterocycles. The van der Waals surface area contributed by atoms with E-state index in [-0.39, 0.29) is 42.2 Å². The number of aliphatic hydroxyl groups is 1. The van der Waals surface area contributed by atoms with Gasteiger partial charge in [0.25, 0.3) is 5.91 Å². The summed E-state index contributed by atoms with van der Waals surface area (Å²) in [7, 11) is 2.42. The van der Waals surface area contributed by atoms with Crippen molar-refractivity contribution in [3.63, 3.8) is 0 Å². The smallest absolute Gasteiger partial charge is 0.340 e. The van der Waals surface area contributed by atoms with Crippen LogP contribution in [0.5, 0.6) is 0 Å². The Balaban J connectivity index is 2.43. The molecule has 1 heterocycles. The molecule has 0 unspecified atom stereocenters. The number of carbonyl (C=O) groups excluding carboxylic acids is 3. The zero-order valence-electron chi connectivity index (χ0n) is 13.7. The van der Waals surface area contributed by atoms with Crippen LogP contribution in [-0.2, 0) is 19.1 Å². The van der Waals surface area contributed by atoms with Gasteiger partial charge in [-0.25, -0.2) is 9.59 Å². The number of carbonyl (C=O) groups is 3. The van der Waals surface area contributed by atoms with Gasteiger partial charge in [0, 0.05) is 11.6 Å². The van der Waals surface area contributed by atoms with E-state index in [1.807, 2.05) is 0 Å². The lowest BCUT2D eigenvalue weighted by atomic mass is 10.1. The van der Waals surface area contributed by atoms with Crippen molar-refractivity contribution in [1.29, 1.82) is 0 Å². The van der Waals surface area contributed by atoms with Crippen molar-refractivity contribution >= 4 is 35.1 Å². The SMILES string of the molecule is COC(=O)C1=C(Nc2ccc(Cl)cc2C(=O)OC)C(=O)N(CCO)C1. The van der Waals surface area contributed by atoms with Crippen LogP contribution in [0.1, 0.15) is 10.4 Å². The van der Waals surface area contributed by atoms with Crippen LogP contribution >= 0.6 is 11.6 Å².